The van der Waals surface area contributed by atoms with Gasteiger partial charge in [0.25, 0.3) is 5.56 Å². The van der Waals surface area contributed by atoms with Gasteiger partial charge in [0.1, 0.15) is 0 Å². The molecule has 1 rings (SSSR count). The maximum absolute atomic E-state index is 11.0. The van der Waals surface area contributed by atoms with Crippen molar-refractivity contribution in [2.75, 3.05) is 6.16 Å². The van der Waals surface area contributed by atoms with Gasteiger partial charge in [-0.05, 0) is 6.92 Å². The van der Waals surface area contributed by atoms with E-state index in [0.29, 0.717) is 5.69 Å². The molecule has 0 aliphatic carbocycles. The Kier molecular flexibility index (Phi) is 2.75. The van der Waals surface area contributed by atoms with E-state index < -0.39 is 7.60 Å². The van der Waals surface area contributed by atoms with Crippen LogP contribution < -0.4 is 5.56 Å². The van der Waals surface area contributed by atoms with Gasteiger partial charge in [-0.1, -0.05) is 0 Å². The van der Waals surface area contributed by atoms with E-state index >= 15 is 0 Å². The number of hydrogen-bond donors (Lipinski definition) is 3. The number of nitrogens with one attached hydrogen (secondary N) is 1. The van der Waals surface area contributed by atoms with Crippen molar-refractivity contribution in [3.63, 3.8) is 0 Å². The lowest BCUT2D eigenvalue weighted by atomic mass is 10.5. The number of aryl methyl sites for hydroxylation is 2. The molecule has 0 atom stereocenters. The first-order valence-corrected chi connectivity index (χ1v) is 5.49. The fourth-order valence-electron chi connectivity index (χ4n) is 0.960. The normalized spacial score (nSPS) is 11.9. The summed E-state index contributed by atoms with van der Waals surface area (Å²) < 4.78 is 11.7. The molecule has 0 aliphatic heterocycles. The van der Waals surface area contributed by atoms with Gasteiger partial charge in [0.05, 0.1) is 12.7 Å². The second-order valence-corrected chi connectivity index (χ2v) is 4.59. The van der Waals surface area contributed by atoms with E-state index in [0.717, 1.165) is 0 Å². The van der Waals surface area contributed by atoms with Crippen molar-refractivity contribution >= 4 is 7.60 Å². The van der Waals surface area contributed by atoms with E-state index in [-0.39, 0.29) is 18.3 Å². The lowest BCUT2D eigenvalue weighted by molar-refractivity contribution is 0.368. The molecule has 0 unspecified atom stereocenters. The number of hydrogen-bond acceptors (Lipinski definition) is 2. The summed E-state index contributed by atoms with van der Waals surface area (Å²) in [7, 11) is -4.02. The van der Waals surface area contributed by atoms with E-state index in [9.17, 15) is 9.36 Å². The SMILES string of the molecule is Cc1cc(=O)n(CCP(=O)(O)O)[nH]1. The van der Waals surface area contributed by atoms with Crippen LogP contribution in [-0.4, -0.2) is 25.7 Å². The molecule has 3 N–H and O–H groups in total. The number of aromatic amines is 1. The number of H-pyrrole nitrogens is 1. The molecule has 0 spiro atoms. The van der Waals surface area contributed by atoms with Gasteiger partial charge in [0.15, 0.2) is 0 Å². The van der Waals surface area contributed by atoms with Crippen molar-refractivity contribution < 1.29 is 14.4 Å². The molecular formula is C6H11N2O4P. The average Bonchev–Trinajstić information content (AvgIpc) is 2.24. The van der Waals surface area contributed by atoms with Crippen molar-refractivity contribution in [3.05, 3.63) is 22.1 Å². The average molecular weight is 206 g/mol. The smallest absolute Gasteiger partial charge is 0.324 e. The molecule has 1 aromatic rings. The molecular weight excluding hydrogens is 195 g/mol. The Morgan fingerprint density at radius 1 is 1.62 bits per heavy atom. The Balaban J connectivity index is 2.71. The second-order valence-electron chi connectivity index (χ2n) is 2.82. The lowest BCUT2D eigenvalue weighted by Gasteiger charge is -2.03. The van der Waals surface area contributed by atoms with Crippen LogP contribution in [0.5, 0.6) is 0 Å². The molecule has 7 heteroatoms. The van der Waals surface area contributed by atoms with Gasteiger partial charge < -0.3 is 9.79 Å². The predicted molar refractivity (Wildman–Crippen MR) is 46.7 cm³/mol. The summed E-state index contributed by atoms with van der Waals surface area (Å²) in [5.74, 6) is 0. The molecule has 74 valence electrons. The third-order valence-electron chi connectivity index (χ3n) is 1.53. The fourth-order valence-corrected chi connectivity index (χ4v) is 1.42. The van der Waals surface area contributed by atoms with Crippen molar-refractivity contribution in [2.24, 2.45) is 0 Å². The Hall–Kier alpha value is -0.840. The first-order valence-electron chi connectivity index (χ1n) is 3.69. The maximum atomic E-state index is 11.0. The minimum Gasteiger partial charge on any atom is -0.324 e. The molecule has 0 aromatic carbocycles. The molecule has 0 bridgehead atoms. The minimum atomic E-state index is -4.02. The second kappa shape index (κ2) is 3.49. The molecule has 0 aliphatic rings. The summed E-state index contributed by atoms with van der Waals surface area (Å²) in [5, 5.41) is 2.68. The highest BCUT2D eigenvalue weighted by atomic mass is 31.2. The molecule has 1 heterocycles. The Morgan fingerprint density at radius 3 is 2.62 bits per heavy atom. The van der Waals surface area contributed by atoms with Crippen LogP contribution >= 0.6 is 7.60 Å². The van der Waals surface area contributed by atoms with Crippen LogP contribution in [-0.2, 0) is 11.1 Å². The summed E-state index contributed by atoms with van der Waals surface area (Å²) in [6.45, 7) is 1.71. The maximum Gasteiger partial charge on any atom is 0.327 e. The molecule has 0 saturated heterocycles. The largest absolute Gasteiger partial charge is 0.327 e. The molecule has 0 radical (unpaired) electrons. The van der Waals surface area contributed by atoms with E-state index in [1.165, 1.54) is 10.7 Å². The number of nitrogens with zero attached hydrogens (tertiary/aromatic N) is 1. The van der Waals surface area contributed by atoms with Gasteiger partial charge in [-0.25, -0.2) is 0 Å². The number of aromatic nitrogens is 2. The van der Waals surface area contributed by atoms with Crippen LogP contribution in [0.2, 0.25) is 0 Å². The van der Waals surface area contributed by atoms with E-state index in [1.54, 1.807) is 6.92 Å². The first-order chi connectivity index (χ1) is 5.88. The van der Waals surface area contributed by atoms with Crippen LogP contribution in [0.4, 0.5) is 0 Å². The quantitative estimate of drug-likeness (QED) is 0.589. The summed E-state index contributed by atoms with van der Waals surface area (Å²) >= 11 is 0. The standard InChI is InChI=1S/C6H11N2O4P/c1-5-4-6(9)8(7-5)2-3-13(10,11)12/h4,7H,2-3H2,1H3,(H2,10,11,12). The molecule has 13 heavy (non-hydrogen) atoms. The Labute approximate surface area is 74.3 Å². The van der Waals surface area contributed by atoms with Crippen LogP contribution in [0, 0.1) is 6.92 Å². The Morgan fingerprint density at radius 2 is 2.23 bits per heavy atom. The van der Waals surface area contributed by atoms with Crippen LogP contribution in [0.3, 0.4) is 0 Å². The van der Waals surface area contributed by atoms with Crippen molar-refractivity contribution in [1.82, 2.24) is 9.78 Å². The van der Waals surface area contributed by atoms with E-state index in [1.807, 2.05) is 0 Å². The third-order valence-corrected chi connectivity index (χ3v) is 2.31. The van der Waals surface area contributed by atoms with Crippen LogP contribution in [0.15, 0.2) is 10.9 Å². The van der Waals surface area contributed by atoms with Gasteiger partial charge in [-0.2, -0.15) is 0 Å². The highest BCUT2D eigenvalue weighted by molar-refractivity contribution is 7.51. The summed E-state index contributed by atoms with van der Waals surface area (Å²) in [4.78, 5) is 28.2. The molecule has 1 aromatic heterocycles. The number of rotatable bonds is 3. The minimum absolute atomic E-state index is 0.0109. The highest BCUT2D eigenvalue weighted by Gasteiger charge is 2.13. The zero-order valence-electron chi connectivity index (χ0n) is 7.10. The summed E-state index contributed by atoms with van der Waals surface area (Å²) in [5.41, 5.74) is 0.404. The summed E-state index contributed by atoms with van der Waals surface area (Å²) in [6.07, 6.45) is -0.327. The molecule has 6 nitrogen and oxygen atoms in total. The van der Waals surface area contributed by atoms with E-state index in [4.69, 9.17) is 9.79 Å². The van der Waals surface area contributed by atoms with Gasteiger partial charge in [-0.15, -0.1) is 0 Å². The zero-order valence-corrected chi connectivity index (χ0v) is 7.99. The molecule has 0 amide bonds. The van der Waals surface area contributed by atoms with Gasteiger partial charge >= 0.3 is 7.60 Å². The van der Waals surface area contributed by atoms with Crippen LogP contribution in [0.25, 0.3) is 0 Å². The van der Waals surface area contributed by atoms with Gasteiger partial charge in [0, 0.05) is 11.8 Å². The zero-order chi connectivity index (χ0) is 10.1. The molecule has 0 saturated carbocycles. The third kappa shape index (κ3) is 3.18. The Bertz CT molecular complexity index is 388. The molecule has 0 fully saturated rings. The fraction of sp³-hybridized carbons (Fsp3) is 0.500. The van der Waals surface area contributed by atoms with Crippen LogP contribution in [0.1, 0.15) is 5.69 Å². The highest BCUT2D eigenvalue weighted by Crippen LogP contribution is 2.33. The van der Waals surface area contributed by atoms with Crippen molar-refractivity contribution in [1.29, 1.82) is 0 Å². The monoisotopic (exact) mass is 206 g/mol. The topological polar surface area (TPSA) is 95.3 Å². The van der Waals surface area contributed by atoms with Crippen molar-refractivity contribution in [2.45, 2.75) is 13.5 Å². The predicted octanol–water partition coefficient (Wildman–Crippen LogP) is -0.337. The first kappa shape index (κ1) is 10.2. The lowest BCUT2D eigenvalue weighted by Crippen LogP contribution is -2.18. The van der Waals surface area contributed by atoms with Gasteiger partial charge in [-0.3, -0.25) is 19.1 Å². The van der Waals surface area contributed by atoms with Gasteiger partial charge in [0.2, 0.25) is 0 Å². The van der Waals surface area contributed by atoms with Crippen molar-refractivity contribution in [3.8, 4) is 0 Å². The summed E-state index contributed by atoms with van der Waals surface area (Å²) in [6, 6.07) is 1.37. The van der Waals surface area contributed by atoms with E-state index in [2.05, 4.69) is 5.10 Å².